The number of amides is 1. The van der Waals surface area contributed by atoms with Crippen LogP contribution in [0.1, 0.15) is 25.8 Å². The predicted molar refractivity (Wildman–Crippen MR) is 76.4 cm³/mol. The normalized spacial score (nSPS) is 19.5. The van der Waals surface area contributed by atoms with E-state index in [1.54, 1.807) is 24.2 Å². The van der Waals surface area contributed by atoms with E-state index in [1.165, 1.54) is 0 Å². The Kier molecular flexibility index (Phi) is 5.14. The standard InChI is InChI=1S/C14H24N4O2/c1-12(18-9-3-6-17-18)13(19)16-10-14(11-20-2)4-7-15-8-5-14/h3,6,9,12,15H,4-5,7-8,10-11H2,1-2H3,(H,16,19). The summed E-state index contributed by atoms with van der Waals surface area (Å²) in [5, 5.41) is 10.5. The minimum Gasteiger partial charge on any atom is -0.384 e. The second-order valence-corrected chi connectivity index (χ2v) is 5.56. The SMILES string of the molecule is COCC1(CNC(=O)C(C)n2cccn2)CCNCC1. The van der Waals surface area contributed by atoms with Crippen molar-refractivity contribution in [1.29, 1.82) is 0 Å². The third-order valence-electron chi connectivity index (χ3n) is 4.05. The monoisotopic (exact) mass is 280 g/mol. The molecule has 0 aromatic carbocycles. The van der Waals surface area contributed by atoms with Crippen molar-refractivity contribution < 1.29 is 9.53 Å². The second-order valence-electron chi connectivity index (χ2n) is 5.56. The molecule has 0 spiro atoms. The molecule has 6 nitrogen and oxygen atoms in total. The van der Waals surface area contributed by atoms with Crippen LogP contribution >= 0.6 is 0 Å². The van der Waals surface area contributed by atoms with Crippen LogP contribution in [0.15, 0.2) is 18.5 Å². The molecule has 0 saturated carbocycles. The fourth-order valence-electron chi connectivity index (χ4n) is 2.69. The highest BCUT2D eigenvalue weighted by Crippen LogP contribution is 2.28. The van der Waals surface area contributed by atoms with Crippen molar-refractivity contribution in [3.63, 3.8) is 0 Å². The number of nitrogens with zero attached hydrogens (tertiary/aromatic N) is 2. The van der Waals surface area contributed by atoms with Gasteiger partial charge in [0.1, 0.15) is 6.04 Å². The topological polar surface area (TPSA) is 68.2 Å². The van der Waals surface area contributed by atoms with Crippen molar-refractivity contribution in [2.45, 2.75) is 25.8 Å². The van der Waals surface area contributed by atoms with Crippen LogP contribution in [0.5, 0.6) is 0 Å². The zero-order valence-electron chi connectivity index (χ0n) is 12.3. The summed E-state index contributed by atoms with van der Waals surface area (Å²) in [5.41, 5.74) is 0.0551. The summed E-state index contributed by atoms with van der Waals surface area (Å²) in [5.74, 6) is 0.00251. The molecule has 1 saturated heterocycles. The van der Waals surface area contributed by atoms with Gasteiger partial charge in [-0.05, 0) is 38.9 Å². The number of nitrogens with one attached hydrogen (secondary N) is 2. The van der Waals surface area contributed by atoms with Crippen molar-refractivity contribution in [3.8, 4) is 0 Å². The fraction of sp³-hybridized carbons (Fsp3) is 0.714. The number of hydrogen-bond acceptors (Lipinski definition) is 4. The van der Waals surface area contributed by atoms with Crippen molar-refractivity contribution in [1.82, 2.24) is 20.4 Å². The Labute approximate surface area is 119 Å². The Bertz CT molecular complexity index is 407. The number of carbonyl (C=O) groups excluding carboxylic acids is 1. The number of carbonyl (C=O) groups is 1. The first kappa shape index (κ1) is 15.0. The van der Waals surface area contributed by atoms with Crippen molar-refractivity contribution in [2.75, 3.05) is 33.4 Å². The smallest absolute Gasteiger partial charge is 0.244 e. The molecule has 1 aliphatic heterocycles. The van der Waals surface area contributed by atoms with Gasteiger partial charge in [-0.2, -0.15) is 5.10 Å². The summed E-state index contributed by atoms with van der Waals surface area (Å²) in [6.07, 6.45) is 5.54. The van der Waals surface area contributed by atoms with Gasteiger partial charge in [0.25, 0.3) is 0 Å². The Morgan fingerprint density at radius 2 is 2.30 bits per heavy atom. The van der Waals surface area contributed by atoms with Crippen LogP contribution in [0, 0.1) is 5.41 Å². The fourth-order valence-corrected chi connectivity index (χ4v) is 2.69. The highest BCUT2D eigenvalue weighted by atomic mass is 16.5. The molecule has 1 amide bonds. The van der Waals surface area contributed by atoms with Crippen LogP contribution in [-0.2, 0) is 9.53 Å². The minimum absolute atomic E-state index is 0.00251. The number of rotatable bonds is 6. The Morgan fingerprint density at radius 1 is 1.55 bits per heavy atom. The first-order valence-electron chi connectivity index (χ1n) is 7.13. The number of ether oxygens (including phenoxy) is 1. The molecule has 0 radical (unpaired) electrons. The highest BCUT2D eigenvalue weighted by molar-refractivity contribution is 5.79. The van der Waals surface area contributed by atoms with E-state index in [2.05, 4.69) is 15.7 Å². The van der Waals surface area contributed by atoms with Crippen LogP contribution in [0.2, 0.25) is 0 Å². The molecule has 2 heterocycles. The molecule has 1 aromatic rings. The van der Waals surface area contributed by atoms with Gasteiger partial charge in [-0.1, -0.05) is 0 Å². The zero-order chi connectivity index (χ0) is 14.4. The maximum atomic E-state index is 12.2. The Morgan fingerprint density at radius 3 is 2.90 bits per heavy atom. The minimum atomic E-state index is -0.286. The first-order chi connectivity index (χ1) is 9.67. The predicted octanol–water partition coefficient (Wildman–Crippen LogP) is 0.576. The van der Waals surface area contributed by atoms with Crippen molar-refractivity contribution in [2.24, 2.45) is 5.41 Å². The third-order valence-corrected chi connectivity index (χ3v) is 4.05. The molecule has 1 unspecified atom stereocenters. The van der Waals surface area contributed by atoms with Gasteiger partial charge in [0, 0.05) is 31.5 Å². The molecule has 112 valence electrons. The van der Waals surface area contributed by atoms with Crippen LogP contribution in [0.4, 0.5) is 0 Å². The van der Waals surface area contributed by atoms with Crippen LogP contribution in [0.3, 0.4) is 0 Å². The van der Waals surface area contributed by atoms with E-state index in [0.717, 1.165) is 25.9 Å². The molecule has 0 bridgehead atoms. The van der Waals surface area contributed by atoms with Crippen LogP contribution in [0.25, 0.3) is 0 Å². The van der Waals surface area contributed by atoms with Gasteiger partial charge in [-0.3, -0.25) is 9.48 Å². The van der Waals surface area contributed by atoms with Crippen LogP contribution in [-0.4, -0.2) is 49.0 Å². The lowest BCUT2D eigenvalue weighted by Crippen LogP contribution is -2.48. The van der Waals surface area contributed by atoms with Gasteiger partial charge in [-0.25, -0.2) is 0 Å². The quantitative estimate of drug-likeness (QED) is 0.800. The molecule has 20 heavy (non-hydrogen) atoms. The third kappa shape index (κ3) is 3.58. The maximum absolute atomic E-state index is 12.2. The molecule has 1 fully saturated rings. The van der Waals surface area contributed by atoms with Gasteiger partial charge in [0.15, 0.2) is 0 Å². The van der Waals surface area contributed by atoms with E-state index in [4.69, 9.17) is 4.74 Å². The Hall–Kier alpha value is -1.40. The van der Waals surface area contributed by atoms with E-state index < -0.39 is 0 Å². The Balaban J connectivity index is 1.90. The largest absolute Gasteiger partial charge is 0.384 e. The molecule has 2 rings (SSSR count). The van der Waals surface area contributed by atoms with Gasteiger partial charge < -0.3 is 15.4 Å². The van der Waals surface area contributed by atoms with E-state index in [0.29, 0.717) is 13.2 Å². The summed E-state index contributed by atoms with van der Waals surface area (Å²) in [6.45, 7) is 5.16. The van der Waals surface area contributed by atoms with Crippen LogP contribution < -0.4 is 10.6 Å². The van der Waals surface area contributed by atoms with E-state index >= 15 is 0 Å². The van der Waals surface area contributed by atoms with Gasteiger partial charge in [0.05, 0.1) is 6.61 Å². The van der Waals surface area contributed by atoms with E-state index in [9.17, 15) is 4.79 Å². The van der Waals surface area contributed by atoms with E-state index in [-0.39, 0.29) is 17.4 Å². The highest BCUT2D eigenvalue weighted by Gasteiger charge is 2.33. The number of methoxy groups -OCH3 is 1. The van der Waals surface area contributed by atoms with Gasteiger partial charge >= 0.3 is 0 Å². The summed E-state index contributed by atoms with van der Waals surface area (Å²) < 4.78 is 7.02. The lowest BCUT2D eigenvalue weighted by molar-refractivity contribution is -0.125. The summed E-state index contributed by atoms with van der Waals surface area (Å²) >= 11 is 0. The van der Waals surface area contributed by atoms with Gasteiger partial charge in [0.2, 0.25) is 5.91 Å². The molecule has 6 heteroatoms. The molecule has 2 N–H and O–H groups in total. The lowest BCUT2D eigenvalue weighted by atomic mass is 9.79. The molecular formula is C14H24N4O2. The second kappa shape index (κ2) is 6.85. The summed E-state index contributed by atoms with van der Waals surface area (Å²) in [7, 11) is 1.72. The van der Waals surface area contributed by atoms with Crippen molar-refractivity contribution in [3.05, 3.63) is 18.5 Å². The summed E-state index contributed by atoms with van der Waals surface area (Å²) in [4.78, 5) is 12.2. The number of piperidine rings is 1. The molecular weight excluding hydrogens is 256 g/mol. The zero-order valence-corrected chi connectivity index (χ0v) is 12.3. The summed E-state index contributed by atoms with van der Waals surface area (Å²) in [6, 6.07) is 1.54. The molecule has 1 aliphatic rings. The number of hydrogen-bond donors (Lipinski definition) is 2. The lowest BCUT2D eigenvalue weighted by Gasteiger charge is -2.37. The average Bonchev–Trinajstić information content (AvgIpc) is 2.99. The maximum Gasteiger partial charge on any atom is 0.244 e. The number of aromatic nitrogens is 2. The van der Waals surface area contributed by atoms with Gasteiger partial charge in [-0.15, -0.1) is 0 Å². The molecule has 1 aromatic heterocycles. The molecule has 0 aliphatic carbocycles. The van der Waals surface area contributed by atoms with E-state index in [1.807, 2.05) is 13.0 Å². The molecule has 1 atom stereocenters. The average molecular weight is 280 g/mol. The van der Waals surface area contributed by atoms with Crippen molar-refractivity contribution >= 4 is 5.91 Å². The first-order valence-corrected chi connectivity index (χ1v) is 7.13.